The number of anilines is 1. The number of aromatic hydroxyl groups is 1. The molecule has 0 saturated heterocycles. The number of phenolic OH excluding ortho intramolecular Hbond substituents is 1. The minimum atomic E-state index is 0.160. The Hall–Kier alpha value is -2.53. The van der Waals surface area contributed by atoms with E-state index in [1.165, 1.54) is 0 Å². The molecule has 1 heterocycles. The average molecular weight is 325 g/mol. The number of nitrogens with one attached hydrogen (secondary N) is 1. The van der Waals surface area contributed by atoms with E-state index in [1.807, 2.05) is 24.3 Å². The van der Waals surface area contributed by atoms with Crippen molar-refractivity contribution in [1.29, 1.82) is 0 Å². The first-order valence-electron chi connectivity index (χ1n) is 8.09. The van der Waals surface area contributed by atoms with Crippen molar-refractivity contribution in [2.75, 3.05) is 39.6 Å². The number of hydrogen-bond donors (Lipinski definition) is 2. The quantitative estimate of drug-likeness (QED) is 0.537. The average Bonchev–Trinajstić information content (AvgIpc) is 2.58. The SMILES string of the molecule is COc1ccc(O)c2nc3ccccc3c(NCCCN(C)C)c12. The van der Waals surface area contributed by atoms with E-state index < -0.39 is 0 Å². The lowest BCUT2D eigenvalue weighted by molar-refractivity contribution is 0.405. The second kappa shape index (κ2) is 6.93. The fourth-order valence-corrected chi connectivity index (χ4v) is 2.92. The van der Waals surface area contributed by atoms with Gasteiger partial charge in [-0.1, -0.05) is 18.2 Å². The molecule has 2 N–H and O–H groups in total. The first kappa shape index (κ1) is 16.3. The number of phenols is 1. The highest BCUT2D eigenvalue weighted by atomic mass is 16.5. The Kier molecular flexibility index (Phi) is 4.71. The molecule has 0 saturated carbocycles. The second-order valence-electron chi connectivity index (χ2n) is 6.10. The third-order valence-corrected chi connectivity index (χ3v) is 4.08. The molecule has 5 heteroatoms. The van der Waals surface area contributed by atoms with Crippen molar-refractivity contribution in [3.8, 4) is 11.5 Å². The molecule has 24 heavy (non-hydrogen) atoms. The number of benzene rings is 2. The standard InChI is InChI=1S/C19H23N3O2/c1-22(2)12-6-11-20-18-13-7-4-5-8-14(13)21-19-15(23)9-10-16(24-3)17(18)19/h4-5,7-10,23H,6,11-12H2,1-3H3,(H,20,21). The topological polar surface area (TPSA) is 57.6 Å². The van der Waals surface area contributed by atoms with E-state index in [-0.39, 0.29) is 5.75 Å². The van der Waals surface area contributed by atoms with Gasteiger partial charge < -0.3 is 20.1 Å². The summed E-state index contributed by atoms with van der Waals surface area (Å²) in [6.07, 6.45) is 1.02. The van der Waals surface area contributed by atoms with Crippen LogP contribution in [-0.2, 0) is 0 Å². The number of fused-ring (bicyclic) bond motifs is 2. The number of aromatic nitrogens is 1. The van der Waals surface area contributed by atoms with Crippen LogP contribution >= 0.6 is 0 Å². The fraction of sp³-hybridized carbons (Fsp3) is 0.316. The zero-order chi connectivity index (χ0) is 17.1. The maximum atomic E-state index is 10.3. The van der Waals surface area contributed by atoms with Crippen molar-refractivity contribution >= 4 is 27.5 Å². The molecule has 0 aliphatic carbocycles. The Morgan fingerprint density at radius 1 is 1.17 bits per heavy atom. The van der Waals surface area contributed by atoms with Gasteiger partial charge in [-0.25, -0.2) is 4.98 Å². The van der Waals surface area contributed by atoms with Gasteiger partial charge in [0.15, 0.2) is 0 Å². The molecule has 0 spiro atoms. The lowest BCUT2D eigenvalue weighted by atomic mass is 10.1. The first-order valence-corrected chi connectivity index (χ1v) is 8.09. The molecule has 0 unspecified atom stereocenters. The summed E-state index contributed by atoms with van der Waals surface area (Å²) in [5.74, 6) is 0.865. The summed E-state index contributed by atoms with van der Waals surface area (Å²) in [6.45, 7) is 1.84. The van der Waals surface area contributed by atoms with Gasteiger partial charge in [0.1, 0.15) is 17.0 Å². The van der Waals surface area contributed by atoms with Crippen molar-refractivity contribution in [3.63, 3.8) is 0 Å². The maximum Gasteiger partial charge on any atom is 0.142 e. The highest BCUT2D eigenvalue weighted by Crippen LogP contribution is 2.40. The Bertz CT molecular complexity index is 862. The molecule has 0 radical (unpaired) electrons. The number of para-hydroxylation sites is 1. The number of hydrogen-bond acceptors (Lipinski definition) is 5. The molecule has 0 aliphatic rings. The van der Waals surface area contributed by atoms with Crippen LogP contribution in [0, 0.1) is 0 Å². The summed E-state index contributed by atoms with van der Waals surface area (Å²) in [5, 5.41) is 15.6. The number of ether oxygens (including phenoxy) is 1. The second-order valence-corrected chi connectivity index (χ2v) is 6.10. The Morgan fingerprint density at radius 3 is 2.71 bits per heavy atom. The van der Waals surface area contributed by atoms with E-state index in [1.54, 1.807) is 19.2 Å². The van der Waals surface area contributed by atoms with Crippen LogP contribution in [-0.4, -0.2) is 49.3 Å². The van der Waals surface area contributed by atoms with Crippen LogP contribution in [0.25, 0.3) is 21.8 Å². The molecule has 1 aromatic heterocycles. The van der Waals surface area contributed by atoms with Crippen LogP contribution in [0.2, 0.25) is 0 Å². The molecule has 0 atom stereocenters. The number of nitrogens with zero attached hydrogens (tertiary/aromatic N) is 2. The number of methoxy groups -OCH3 is 1. The molecule has 3 aromatic rings. The van der Waals surface area contributed by atoms with Gasteiger partial charge in [-0.2, -0.15) is 0 Å². The van der Waals surface area contributed by atoms with E-state index in [2.05, 4.69) is 29.3 Å². The van der Waals surface area contributed by atoms with Gasteiger partial charge in [-0.05, 0) is 45.3 Å². The molecule has 3 rings (SSSR count). The predicted octanol–water partition coefficient (Wildman–Crippen LogP) is 3.47. The molecule has 0 amide bonds. The minimum Gasteiger partial charge on any atom is -0.506 e. The normalized spacial score (nSPS) is 11.3. The smallest absolute Gasteiger partial charge is 0.142 e. The third-order valence-electron chi connectivity index (χ3n) is 4.08. The number of rotatable bonds is 6. The molecule has 5 nitrogen and oxygen atoms in total. The van der Waals surface area contributed by atoms with E-state index >= 15 is 0 Å². The predicted molar refractivity (Wildman–Crippen MR) is 99.1 cm³/mol. The van der Waals surface area contributed by atoms with E-state index in [0.717, 1.165) is 41.5 Å². The molecule has 0 aliphatic heterocycles. The van der Waals surface area contributed by atoms with Crippen molar-refractivity contribution in [1.82, 2.24) is 9.88 Å². The molecule has 126 valence electrons. The summed E-state index contributed by atoms with van der Waals surface area (Å²) < 4.78 is 5.52. The summed E-state index contributed by atoms with van der Waals surface area (Å²) in [4.78, 5) is 6.79. The zero-order valence-corrected chi connectivity index (χ0v) is 14.3. The first-order chi connectivity index (χ1) is 11.6. The molecular weight excluding hydrogens is 302 g/mol. The summed E-state index contributed by atoms with van der Waals surface area (Å²) >= 11 is 0. The summed E-state index contributed by atoms with van der Waals surface area (Å²) in [5.41, 5.74) is 2.37. The van der Waals surface area contributed by atoms with E-state index in [0.29, 0.717) is 11.3 Å². The van der Waals surface area contributed by atoms with Crippen molar-refractivity contribution < 1.29 is 9.84 Å². The Labute approximate surface area is 141 Å². The third kappa shape index (κ3) is 3.08. The largest absolute Gasteiger partial charge is 0.506 e. The number of pyridine rings is 1. The monoisotopic (exact) mass is 325 g/mol. The van der Waals surface area contributed by atoms with Crippen molar-refractivity contribution in [2.45, 2.75) is 6.42 Å². The summed E-state index contributed by atoms with van der Waals surface area (Å²) in [6, 6.07) is 11.3. The molecule has 2 aromatic carbocycles. The van der Waals surface area contributed by atoms with E-state index in [4.69, 9.17) is 4.74 Å². The molecular formula is C19H23N3O2. The van der Waals surface area contributed by atoms with Gasteiger partial charge in [0, 0.05) is 11.9 Å². The van der Waals surface area contributed by atoms with Gasteiger partial charge >= 0.3 is 0 Å². The van der Waals surface area contributed by atoms with Crippen LogP contribution in [0.4, 0.5) is 5.69 Å². The van der Waals surface area contributed by atoms with Crippen LogP contribution in [0.1, 0.15) is 6.42 Å². The minimum absolute atomic E-state index is 0.160. The Balaban J connectivity index is 2.15. The fourth-order valence-electron chi connectivity index (χ4n) is 2.92. The van der Waals surface area contributed by atoms with Gasteiger partial charge in [-0.15, -0.1) is 0 Å². The zero-order valence-electron chi connectivity index (χ0n) is 14.3. The molecule has 0 fully saturated rings. The van der Waals surface area contributed by atoms with Gasteiger partial charge in [-0.3, -0.25) is 0 Å². The van der Waals surface area contributed by atoms with Crippen LogP contribution < -0.4 is 10.1 Å². The van der Waals surface area contributed by atoms with Crippen molar-refractivity contribution in [2.24, 2.45) is 0 Å². The van der Waals surface area contributed by atoms with Crippen LogP contribution in [0.5, 0.6) is 11.5 Å². The van der Waals surface area contributed by atoms with Crippen LogP contribution in [0.3, 0.4) is 0 Å². The van der Waals surface area contributed by atoms with Crippen molar-refractivity contribution in [3.05, 3.63) is 36.4 Å². The molecule has 0 bridgehead atoms. The van der Waals surface area contributed by atoms with E-state index in [9.17, 15) is 5.11 Å². The lowest BCUT2D eigenvalue weighted by Crippen LogP contribution is -2.16. The highest BCUT2D eigenvalue weighted by Gasteiger charge is 2.15. The lowest BCUT2D eigenvalue weighted by Gasteiger charge is -2.17. The Morgan fingerprint density at radius 2 is 1.96 bits per heavy atom. The maximum absolute atomic E-state index is 10.3. The van der Waals surface area contributed by atoms with Crippen LogP contribution in [0.15, 0.2) is 36.4 Å². The van der Waals surface area contributed by atoms with Gasteiger partial charge in [0.25, 0.3) is 0 Å². The highest BCUT2D eigenvalue weighted by molar-refractivity contribution is 6.11. The van der Waals surface area contributed by atoms with Gasteiger partial charge in [0.05, 0.1) is 23.7 Å². The van der Waals surface area contributed by atoms with Gasteiger partial charge in [0.2, 0.25) is 0 Å². The summed E-state index contributed by atoms with van der Waals surface area (Å²) in [7, 11) is 5.77.